The molecule has 1 aromatic heterocycles. The van der Waals surface area contributed by atoms with Crippen LogP contribution in [0.2, 0.25) is 0 Å². The zero-order valence-electron chi connectivity index (χ0n) is 13.6. The zero-order valence-corrected chi connectivity index (χ0v) is 14.4. The number of sulfonamides is 1. The van der Waals surface area contributed by atoms with Gasteiger partial charge in [-0.25, -0.2) is 8.42 Å². The maximum atomic E-state index is 13.2. The molecule has 0 aliphatic carbocycles. The summed E-state index contributed by atoms with van der Waals surface area (Å²) in [7, 11) is -3.90. The van der Waals surface area contributed by atoms with Crippen molar-refractivity contribution in [2.75, 3.05) is 32.8 Å². The lowest BCUT2D eigenvalue weighted by Crippen LogP contribution is -2.59. The molecule has 0 spiro atoms. The molecule has 134 valence electrons. The van der Waals surface area contributed by atoms with Gasteiger partial charge in [0.25, 0.3) is 0 Å². The zero-order chi connectivity index (χ0) is 17.9. The van der Waals surface area contributed by atoms with E-state index in [0.717, 1.165) is 5.39 Å². The molecule has 1 aliphatic rings. The van der Waals surface area contributed by atoms with Crippen LogP contribution in [0.25, 0.3) is 10.9 Å². The quantitative estimate of drug-likeness (QED) is 0.647. The van der Waals surface area contributed by atoms with E-state index < -0.39 is 22.0 Å². The minimum absolute atomic E-state index is 0.0824. The van der Waals surface area contributed by atoms with Crippen molar-refractivity contribution in [3.63, 3.8) is 0 Å². The van der Waals surface area contributed by atoms with Crippen molar-refractivity contribution in [3.05, 3.63) is 36.5 Å². The fourth-order valence-electron chi connectivity index (χ4n) is 2.90. The third-order valence-electron chi connectivity index (χ3n) is 4.09. The summed E-state index contributed by atoms with van der Waals surface area (Å²) in [5.74, 6) is -0.432. The number of rotatable bonds is 5. The maximum absolute atomic E-state index is 13.2. The average molecular weight is 364 g/mol. The van der Waals surface area contributed by atoms with Crippen molar-refractivity contribution in [1.82, 2.24) is 19.9 Å². The van der Waals surface area contributed by atoms with Gasteiger partial charge in [-0.1, -0.05) is 18.2 Å². The number of hydrogen-bond donors (Lipinski definition) is 3. The number of aliphatic hydroxyl groups excluding tert-OH is 1. The molecule has 1 aromatic carbocycles. The number of amides is 1. The van der Waals surface area contributed by atoms with E-state index in [1.54, 1.807) is 30.5 Å². The maximum Gasteiger partial charge on any atom is 0.246 e. The standard InChI is InChI=1S/C16H20N4O4S/c21-10-8-19-16(22)13-11-17-7-9-20(13)25(23,24)14-5-1-3-12-4-2-6-18-15(12)14/h1-6,13,17,21H,7-11H2,(H,19,22). The number of benzene rings is 1. The van der Waals surface area contributed by atoms with Gasteiger partial charge in [0, 0.05) is 37.8 Å². The van der Waals surface area contributed by atoms with E-state index in [9.17, 15) is 13.2 Å². The number of carbonyl (C=O) groups is 1. The lowest BCUT2D eigenvalue weighted by Gasteiger charge is -2.34. The number of nitrogens with one attached hydrogen (secondary N) is 2. The molecule has 0 radical (unpaired) electrons. The van der Waals surface area contributed by atoms with Crippen LogP contribution in [0.3, 0.4) is 0 Å². The molecule has 1 amide bonds. The normalized spacial score (nSPS) is 19.0. The minimum Gasteiger partial charge on any atom is -0.395 e. The summed E-state index contributed by atoms with van der Waals surface area (Å²) in [4.78, 5) is 16.6. The summed E-state index contributed by atoms with van der Waals surface area (Å²) in [5.41, 5.74) is 0.387. The van der Waals surface area contributed by atoms with E-state index in [2.05, 4.69) is 15.6 Å². The van der Waals surface area contributed by atoms with Gasteiger partial charge in [-0.05, 0) is 12.1 Å². The second-order valence-electron chi connectivity index (χ2n) is 5.68. The highest BCUT2D eigenvalue weighted by molar-refractivity contribution is 7.89. The van der Waals surface area contributed by atoms with Gasteiger partial charge in [-0.2, -0.15) is 4.31 Å². The average Bonchev–Trinajstić information content (AvgIpc) is 2.65. The predicted octanol–water partition coefficient (Wildman–Crippen LogP) is -0.694. The van der Waals surface area contributed by atoms with Gasteiger partial charge in [-0.15, -0.1) is 0 Å². The van der Waals surface area contributed by atoms with Crippen LogP contribution < -0.4 is 10.6 Å². The van der Waals surface area contributed by atoms with Crippen LogP contribution in [0.1, 0.15) is 0 Å². The SMILES string of the molecule is O=C(NCCO)C1CNCCN1S(=O)(=O)c1cccc2cccnc12. The van der Waals surface area contributed by atoms with E-state index in [4.69, 9.17) is 5.11 Å². The fraction of sp³-hybridized carbons (Fsp3) is 0.375. The second-order valence-corrected chi connectivity index (χ2v) is 7.54. The Bertz CT molecular complexity index is 866. The molecule has 1 atom stereocenters. The van der Waals surface area contributed by atoms with Crippen LogP contribution in [0.5, 0.6) is 0 Å². The Balaban J connectivity index is 2.00. The van der Waals surface area contributed by atoms with Crippen LogP contribution in [-0.2, 0) is 14.8 Å². The van der Waals surface area contributed by atoms with Crippen molar-refractivity contribution < 1.29 is 18.3 Å². The Kier molecular flexibility index (Phi) is 5.28. The molecule has 1 fully saturated rings. The molecule has 2 heterocycles. The molecule has 3 rings (SSSR count). The molecule has 0 bridgehead atoms. The van der Waals surface area contributed by atoms with Crippen molar-refractivity contribution in [2.24, 2.45) is 0 Å². The number of aromatic nitrogens is 1. The van der Waals surface area contributed by atoms with E-state index in [0.29, 0.717) is 12.1 Å². The summed E-state index contributed by atoms with van der Waals surface area (Å²) in [6.45, 7) is 0.740. The summed E-state index contributed by atoms with van der Waals surface area (Å²) >= 11 is 0. The number of hydrogen-bond acceptors (Lipinski definition) is 6. The monoisotopic (exact) mass is 364 g/mol. The number of aliphatic hydroxyl groups is 1. The summed E-state index contributed by atoms with van der Waals surface area (Å²) < 4.78 is 27.6. The van der Waals surface area contributed by atoms with E-state index in [1.165, 1.54) is 10.4 Å². The fourth-order valence-corrected chi connectivity index (χ4v) is 4.66. The molecular weight excluding hydrogens is 344 g/mol. The number of pyridine rings is 1. The summed E-state index contributed by atoms with van der Waals surface area (Å²) in [6.07, 6.45) is 1.55. The van der Waals surface area contributed by atoms with Gasteiger partial charge in [0.1, 0.15) is 10.9 Å². The number of para-hydroxylation sites is 1. The Labute approximate surface area is 145 Å². The Hall–Kier alpha value is -2.07. The van der Waals surface area contributed by atoms with E-state index in [-0.39, 0.29) is 31.1 Å². The van der Waals surface area contributed by atoms with Crippen LogP contribution in [0.4, 0.5) is 0 Å². The van der Waals surface area contributed by atoms with Crippen LogP contribution >= 0.6 is 0 Å². The van der Waals surface area contributed by atoms with Gasteiger partial charge in [0.15, 0.2) is 0 Å². The molecule has 1 saturated heterocycles. The number of nitrogens with zero attached hydrogens (tertiary/aromatic N) is 2. The molecule has 3 N–H and O–H groups in total. The molecular formula is C16H20N4O4S. The highest BCUT2D eigenvalue weighted by Crippen LogP contribution is 2.25. The molecule has 2 aromatic rings. The largest absolute Gasteiger partial charge is 0.395 e. The number of piperazine rings is 1. The van der Waals surface area contributed by atoms with Crippen LogP contribution in [-0.4, -0.2) is 67.5 Å². The van der Waals surface area contributed by atoms with Crippen molar-refractivity contribution >= 4 is 26.8 Å². The first-order valence-corrected chi connectivity index (χ1v) is 9.44. The highest BCUT2D eigenvalue weighted by Gasteiger charge is 2.38. The van der Waals surface area contributed by atoms with Crippen LogP contribution in [0, 0.1) is 0 Å². The Morgan fingerprint density at radius 3 is 2.96 bits per heavy atom. The predicted molar refractivity (Wildman–Crippen MR) is 92.4 cm³/mol. The van der Waals surface area contributed by atoms with Crippen LogP contribution in [0.15, 0.2) is 41.4 Å². The summed E-state index contributed by atoms with van der Waals surface area (Å²) in [5, 5.41) is 15.2. The number of carbonyl (C=O) groups excluding carboxylic acids is 1. The molecule has 25 heavy (non-hydrogen) atoms. The summed E-state index contributed by atoms with van der Waals surface area (Å²) in [6, 6.07) is 7.64. The molecule has 1 unspecified atom stereocenters. The topological polar surface area (TPSA) is 112 Å². The number of fused-ring (bicyclic) bond motifs is 1. The lowest BCUT2D eigenvalue weighted by molar-refractivity contribution is -0.125. The van der Waals surface area contributed by atoms with Crippen molar-refractivity contribution in [2.45, 2.75) is 10.9 Å². The first-order chi connectivity index (χ1) is 12.1. The van der Waals surface area contributed by atoms with E-state index in [1.807, 2.05) is 0 Å². The first kappa shape index (κ1) is 17.7. The van der Waals surface area contributed by atoms with Gasteiger partial charge >= 0.3 is 0 Å². The third kappa shape index (κ3) is 3.49. The van der Waals surface area contributed by atoms with Gasteiger partial charge in [-0.3, -0.25) is 9.78 Å². The second kappa shape index (κ2) is 7.44. The first-order valence-electron chi connectivity index (χ1n) is 8.00. The molecule has 8 nitrogen and oxygen atoms in total. The van der Waals surface area contributed by atoms with Crippen molar-refractivity contribution in [1.29, 1.82) is 0 Å². The molecule has 9 heteroatoms. The van der Waals surface area contributed by atoms with Crippen molar-refractivity contribution in [3.8, 4) is 0 Å². The molecule has 0 saturated carbocycles. The van der Waals surface area contributed by atoms with Gasteiger partial charge < -0.3 is 15.7 Å². The van der Waals surface area contributed by atoms with Gasteiger partial charge in [0.2, 0.25) is 15.9 Å². The highest BCUT2D eigenvalue weighted by atomic mass is 32.2. The Morgan fingerprint density at radius 1 is 1.36 bits per heavy atom. The molecule has 1 aliphatic heterocycles. The lowest BCUT2D eigenvalue weighted by atomic mass is 10.2. The van der Waals surface area contributed by atoms with Gasteiger partial charge in [0.05, 0.1) is 12.1 Å². The minimum atomic E-state index is -3.90. The van der Waals surface area contributed by atoms with E-state index >= 15 is 0 Å². The third-order valence-corrected chi connectivity index (χ3v) is 6.03. The Morgan fingerprint density at radius 2 is 2.16 bits per heavy atom. The smallest absolute Gasteiger partial charge is 0.246 e.